The average Bonchev–Trinajstić information content (AvgIpc) is 2.19. The molecule has 0 spiro atoms. The first-order valence-electron chi connectivity index (χ1n) is 4.61. The van der Waals surface area contributed by atoms with Crippen LogP contribution in [0.15, 0.2) is 18.3 Å². The van der Waals surface area contributed by atoms with Gasteiger partial charge in [-0.25, -0.2) is 0 Å². The lowest BCUT2D eigenvalue weighted by Crippen LogP contribution is -2.18. The number of pyridine rings is 1. The molecule has 0 aliphatic heterocycles. The molecule has 0 bridgehead atoms. The van der Waals surface area contributed by atoms with Crippen LogP contribution in [0, 0.1) is 0 Å². The van der Waals surface area contributed by atoms with E-state index in [0.717, 1.165) is 12.2 Å². The van der Waals surface area contributed by atoms with Gasteiger partial charge in [0.1, 0.15) is 0 Å². The van der Waals surface area contributed by atoms with Gasteiger partial charge >= 0.3 is 0 Å². The number of hydrogen-bond acceptors (Lipinski definition) is 4. The molecule has 82 valence electrons. The van der Waals surface area contributed by atoms with Crippen molar-refractivity contribution in [3.63, 3.8) is 0 Å². The normalized spacial score (nSPS) is 14.1. The Kier molecular flexibility index (Phi) is 4.08. The minimum atomic E-state index is -0.862. The molecule has 4 nitrogen and oxygen atoms in total. The summed E-state index contributed by atoms with van der Waals surface area (Å²) in [5.41, 5.74) is 1.59. The Labute approximate surface area is 97.2 Å². The lowest BCUT2D eigenvalue weighted by molar-refractivity contribution is -0.135. The predicted molar refractivity (Wildman–Crippen MR) is 61.8 cm³/mol. The quantitative estimate of drug-likeness (QED) is 0.660. The van der Waals surface area contributed by atoms with Crippen molar-refractivity contribution < 1.29 is 9.53 Å². The van der Waals surface area contributed by atoms with Gasteiger partial charge in [-0.05, 0) is 41.9 Å². The summed E-state index contributed by atoms with van der Waals surface area (Å²) >= 11 is 3.28. The van der Waals surface area contributed by atoms with E-state index in [1.807, 2.05) is 13.0 Å². The van der Waals surface area contributed by atoms with Gasteiger partial charge in [-0.15, -0.1) is 0 Å². The number of ether oxygens (including phenoxy) is 1. The van der Waals surface area contributed by atoms with Gasteiger partial charge in [0.25, 0.3) is 6.47 Å². The minimum absolute atomic E-state index is 0.397. The van der Waals surface area contributed by atoms with E-state index in [4.69, 9.17) is 4.74 Å². The molecular weight excluding hydrogens is 260 g/mol. The van der Waals surface area contributed by atoms with E-state index in [2.05, 4.69) is 26.2 Å². The monoisotopic (exact) mass is 272 g/mol. The molecule has 1 aromatic heterocycles. The van der Waals surface area contributed by atoms with Crippen molar-refractivity contribution in [2.24, 2.45) is 0 Å². The molecule has 0 aliphatic rings. The summed E-state index contributed by atoms with van der Waals surface area (Å²) < 4.78 is 4.01. The smallest absolute Gasteiger partial charge is 0.294 e. The molecule has 1 aromatic rings. The number of nitrogens with zero attached hydrogens (tertiary/aromatic N) is 1. The summed E-state index contributed by atoms with van der Waals surface area (Å²) in [6.45, 7) is 4.97. The van der Waals surface area contributed by atoms with Gasteiger partial charge in [0, 0.05) is 6.54 Å². The molecule has 0 amide bonds. The topological polar surface area (TPSA) is 51.2 Å². The van der Waals surface area contributed by atoms with Crippen LogP contribution >= 0.6 is 15.9 Å². The molecule has 1 N–H and O–H groups in total. The molecule has 1 rings (SSSR count). The number of anilines is 1. The second kappa shape index (κ2) is 5.11. The molecule has 1 heterocycles. The van der Waals surface area contributed by atoms with Gasteiger partial charge in [0.05, 0.1) is 17.6 Å². The standard InChI is InChI=1S/C10H13BrN2O2/c1-3-12-8-4-5-9(13-6-8)10(2,11)15-7-14/h4-7,12H,3H2,1-2H3. The zero-order valence-electron chi connectivity index (χ0n) is 8.66. The third kappa shape index (κ3) is 3.20. The number of carbonyl (C=O) groups excluding carboxylic acids is 1. The van der Waals surface area contributed by atoms with Crippen LogP contribution in [0.5, 0.6) is 0 Å². The SMILES string of the molecule is CCNc1ccc(C(C)(Br)OC=O)nc1. The highest BCUT2D eigenvalue weighted by Gasteiger charge is 2.25. The fraction of sp³-hybridized carbons (Fsp3) is 0.400. The average molecular weight is 273 g/mol. The van der Waals surface area contributed by atoms with E-state index in [0.29, 0.717) is 12.2 Å². The molecule has 0 saturated carbocycles. The molecule has 0 radical (unpaired) electrons. The molecule has 0 fully saturated rings. The number of aromatic nitrogens is 1. The van der Waals surface area contributed by atoms with Crippen molar-refractivity contribution in [2.45, 2.75) is 18.4 Å². The van der Waals surface area contributed by atoms with Gasteiger partial charge in [0.2, 0.25) is 4.51 Å². The summed E-state index contributed by atoms with van der Waals surface area (Å²) in [6, 6.07) is 3.69. The van der Waals surface area contributed by atoms with Crippen molar-refractivity contribution in [1.29, 1.82) is 0 Å². The maximum absolute atomic E-state index is 10.3. The summed E-state index contributed by atoms with van der Waals surface area (Å²) in [5, 5.41) is 3.13. The second-order valence-electron chi connectivity index (χ2n) is 3.09. The van der Waals surface area contributed by atoms with Gasteiger partial charge in [-0.2, -0.15) is 0 Å². The van der Waals surface area contributed by atoms with Gasteiger partial charge in [0.15, 0.2) is 0 Å². The van der Waals surface area contributed by atoms with Crippen LogP contribution in [0.2, 0.25) is 0 Å². The molecular formula is C10H13BrN2O2. The lowest BCUT2D eigenvalue weighted by Gasteiger charge is -2.19. The van der Waals surface area contributed by atoms with Crippen molar-refractivity contribution >= 4 is 28.1 Å². The van der Waals surface area contributed by atoms with Crippen LogP contribution in [0.1, 0.15) is 19.5 Å². The van der Waals surface area contributed by atoms with Crippen LogP contribution in [-0.2, 0) is 14.0 Å². The largest absolute Gasteiger partial charge is 0.444 e. The predicted octanol–water partition coefficient (Wildman–Crippen LogP) is 2.25. The molecule has 0 saturated heterocycles. The highest BCUT2D eigenvalue weighted by molar-refractivity contribution is 9.09. The maximum Gasteiger partial charge on any atom is 0.294 e. The molecule has 5 heteroatoms. The van der Waals surface area contributed by atoms with Gasteiger partial charge in [-0.1, -0.05) is 0 Å². The number of hydrogen-bond donors (Lipinski definition) is 1. The zero-order valence-corrected chi connectivity index (χ0v) is 10.2. The number of carbonyl (C=O) groups is 1. The second-order valence-corrected chi connectivity index (χ2v) is 4.61. The van der Waals surface area contributed by atoms with Gasteiger partial charge < -0.3 is 10.1 Å². The van der Waals surface area contributed by atoms with Crippen LogP contribution in [0.3, 0.4) is 0 Å². The Balaban J connectivity index is 2.83. The van der Waals surface area contributed by atoms with E-state index in [-0.39, 0.29) is 0 Å². The number of halogens is 1. The number of alkyl halides is 1. The van der Waals surface area contributed by atoms with Crippen LogP contribution in [0.4, 0.5) is 5.69 Å². The van der Waals surface area contributed by atoms with Crippen LogP contribution in [-0.4, -0.2) is 18.0 Å². The number of rotatable bonds is 5. The Bertz CT molecular complexity index is 325. The van der Waals surface area contributed by atoms with Crippen LogP contribution < -0.4 is 5.32 Å². The Hall–Kier alpha value is -1.10. The molecule has 15 heavy (non-hydrogen) atoms. The van der Waals surface area contributed by atoms with E-state index in [9.17, 15) is 4.79 Å². The fourth-order valence-corrected chi connectivity index (χ4v) is 1.43. The van der Waals surface area contributed by atoms with E-state index >= 15 is 0 Å². The van der Waals surface area contributed by atoms with Crippen molar-refractivity contribution in [1.82, 2.24) is 4.98 Å². The highest BCUT2D eigenvalue weighted by Crippen LogP contribution is 2.30. The maximum atomic E-state index is 10.3. The molecule has 0 aliphatic carbocycles. The summed E-state index contributed by atoms with van der Waals surface area (Å²) in [4.78, 5) is 14.5. The van der Waals surface area contributed by atoms with Gasteiger partial charge in [-0.3, -0.25) is 9.78 Å². The van der Waals surface area contributed by atoms with E-state index < -0.39 is 4.51 Å². The summed E-state index contributed by atoms with van der Waals surface area (Å²) in [7, 11) is 0. The molecule has 1 atom stereocenters. The third-order valence-corrected chi connectivity index (χ3v) is 2.46. The first kappa shape index (κ1) is 12.0. The van der Waals surface area contributed by atoms with Crippen molar-refractivity contribution in [3.8, 4) is 0 Å². The zero-order chi connectivity index (χ0) is 11.3. The van der Waals surface area contributed by atoms with Crippen molar-refractivity contribution in [3.05, 3.63) is 24.0 Å². The lowest BCUT2D eigenvalue weighted by atomic mass is 10.2. The van der Waals surface area contributed by atoms with E-state index in [1.54, 1.807) is 19.2 Å². The minimum Gasteiger partial charge on any atom is -0.444 e. The first-order chi connectivity index (χ1) is 7.10. The first-order valence-corrected chi connectivity index (χ1v) is 5.40. The molecule has 0 aromatic carbocycles. The Morgan fingerprint density at radius 1 is 1.67 bits per heavy atom. The fourth-order valence-electron chi connectivity index (χ4n) is 1.12. The molecule has 1 unspecified atom stereocenters. The Morgan fingerprint density at radius 3 is 2.87 bits per heavy atom. The van der Waals surface area contributed by atoms with E-state index in [1.165, 1.54) is 0 Å². The highest BCUT2D eigenvalue weighted by atomic mass is 79.9. The Morgan fingerprint density at radius 2 is 2.40 bits per heavy atom. The summed E-state index contributed by atoms with van der Waals surface area (Å²) in [5.74, 6) is 0. The van der Waals surface area contributed by atoms with Crippen molar-refractivity contribution in [2.75, 3.05) is 11.9 Å². The van der Waals surface area contributed by atoms with Crippen LogP contribution in [0.25, 0.3) is 0 Å². The summed E-state index contributed by atoms with van der Waals surface area (Å²) in [6.07, 6.45) is 1.70. The third-order valence-electron chi connectivity index (χ3n) is 1.87. The number of nitrogens with one attached hydrogen (secondary N) is 1.